The van der Waals surface area contributed by atoms with Crippen LogP contribution in [0.15, 0.2) is 36.7 Å². The van der Waals surface area contributed by atoms with Gasteiger partial charge >= 0.3 is 0 Å². The van der Waals surface area contributed by atoms with Crippen LogP contribution in [0.2, 0.25) is 5.02 Å². The topological polar surface area (TPSA) is 47.0 Å². The highest BCUT2D eigenvalue weighted by Crippen LogP contribution is 2.28. The standard InChI is InChI=1S/C16H18ClN3O/c17-14-6-1-2-7-15(14)21-13-10-19-16(20-11-13)9-12-5-3-4-8-18-12/h1-2,6-7,10-12,18H,3-5,8-9H2. The molecule has 2 aromatic rings. The molecule has 0 aliphatic carbocycles. The second-order valence-corrected chi connectivity index (χ2v) is 5.63. The van der Waals surface area contributed by atoms with Gasteiger partial charge in [0, 0.05) is 12.5 Å². The number of nitrogens with one attached hydrogen (secondary N) is 1. The summed E-state index contributed by atoms with van der Waals surface area (Å²) in [6.45, 7) is 1.10. The van der Waals surface area contributed by atoms with E-state index in [1.807, 2.05) is 18.2 Å². The van der Waals surface area contributed by atoms with Crippen molar-refractivity contribution >= 4 is 11.6 Å². The molecule has 1 N–H and O–H groups in total. The minimum absolute atomic E-state index is 0.495. The van der Waals surface area contributed by atoms with E-state index in [1.54, 1.807) is 18.5 Å². The Bertz CT molecular complexity index is 582. The zero-order valence-electron chi connectivity index (χ0n) is 11.8. The van der Waals surface area contributed by atoms with Crippen LogP contribution in [0.3, 0.4) is 0 Å². The van der Waals surface area contributed by atoms with Crippen molar-refractivity contribution in [3.63, 3.8) is 0 Å². The first-order chi connectivity index (χ1) is 10.3. The molecule has 3 rings (SSSR count). The van der Waals surface area contributed by atoms with Gasteiger partial charge in [-0.3, -0.25) is 0 Å². The van der Waals surface area contributed by atoms with Gasteiger partial charge in [-0.15, -0.1) is 0 Å². The van der Waals surface area contributed by atoms with E-state index in [9.17, 15) is 0 Å². The SMILES string of the molecule is Clc1ccccc1Oc1cnc(CC2CCCCN2)nc1. The van der Waals surface area contributed by atoms with Crippen LogP contribution in [0.1, 0.15) is 25.1 Å². The molecule has 0 radical (unpaired) electrons. The normalized spacial score (nSPS) is 18.4. The molecule has 1 aliphatic rings. The molecule has 1 saturated heterocycles. The fraction of sp³-hybridized carbons (Fsp3) is 0.375. The van der Waals surface area contributed by atoms with Gasteiger partial charge in [0.1, 0.15) is 11.6 Å². The lowest BCUT2D eigenvalue weighted by Gasteiger charge is -2.22. The number of piperidine rings is 1. The van der Waals surface area contributed by atoms with Gasteiger partial charge in [-0.1, -0.05) is 30.2 Å². The maximum Gasteiger partial charge on any atom is 0.164 e. The highest BCUT2D eigenvalue weighted by atomic mass is 35.5. The molecule has 2 heterocycles. The number of nitrogens with zero attached hydrogens (tertiary/aromatic N) is 2. The molecule has 4 nitrogen and oxygen atoms in total. The third kappa shape index (κ3) is 3.93. The van der Waals surface area contributed by atoms with E-state index in [1.165, 1.54) is 19.3 Å². The number of benzene rings is 1. The van der Waals surface area contributed by atoms with Gasteiger partial charge in [-0.05, 0) is 31.5 Å². The molecule has 110 valence electrons. The number of halogens is 1. The summed E-state index contributed by atoms with van der Waals surface area (Å²) in [5.74, 6) is 2.06. The van der Waals surface area contributed by atoms with E-state index in [0.717, 1.165) is 18.8 Å². The number of rotatable bonds is 4. The van der Waals surface area contributed by atoms with Crippen LogP contribution in [0.25, 0.3) is 0 Å². The monoisotopic (exact) mass is 303 g/mol. The largest absolute Gasteiger partial charge is 0.453 e. The maximum atomic E-state index is 6.06. The summed E-state index contributed by atoms with van der Waals surface area (Å²) in [5, 5.41) is 4.08. The van der Waals surface area contributed by atoms with Gasteiger partial charge in [0.15, 0.2) is 5.75 Å². The Morgan fingerprint density at radius 2 is 2.00 bits per heavy atom. The summed E-state index contributed by atoms with van der Waals surface area (Å²) < 4.78 is 5.68. The van der Waals surface area contributed by atoms with Crippen molar-refractivity contribution < 1.29 is 4.74 Å². The van der Waals surface area contributed by atoms with E-state index in [2.05, 4.69) is 15.3 Å². The number of para-hydroxylation sites is 1. The minimum Gasteiger partial charge on any atom is -0.453 e. The quantitative estimate of drug-likeness (QED) is 0.937. The van der Waals surface area contributed by atoms with Crippen LogP contribution in [0, 0.1) is 0 Å². The lowest BCUT2D eigenvalue weighted by atomic mass is 10.0. The lowest BCUT2D eigenvalue weighted by Crippen LogP contribution is -2.36. The molecular weight excluding hydrogens is 286 g/mol. The molecule has 1 atom stereocenters. The lowest BCUT2D eigenvalue weighted by molar-refractivity contribution is 0.393. The minimum atomic E-state index is 0.495. The second kappa shape index (κ2) is 6.87. The molecule has 0 amide bonds. The maximum absolute atomic E-state index is 6.06. The Hall–Kier alpha value is -1.65. The first kappa shape index (κ1) is 14.3. The molecule has 1 aromatic carbocycles. The zero-order chi connectivity index (χ0) is 14.5. The zero-order valence-corrected chi connectivity index (χ0v) is 12.5. The fourth-order valence-corrected chi connectivity index (χ4v) is 2.65. The van der Waals surface area contributed by atoms with Gasteiger partial charge in [0.05, 0.1) is 17.4 Å². The van der Waals surface area contributed by atoms with Gasteiger partial charge in [-0.2, -0.15) is 0 Å². The molecule has 5 heteroatoms. The Labute approximate surface area is 129 Å². The summed E-state index contributed by atoms with van der Waals surface area (Å²) in [6, 6.07) is 7.86. The van der Waals surface area contributed by atoms with E-state index in [0.29, 0.717) is 22.6 Å². The summed E-state index contributed by atoms with van der Waals surface area (Å²) in [7, 11) is 0. The molecule has 1 fully saturated rings. The van der Waals surface area contributed by atoms with Gasteiger partial charge in [-0.25, -0.2) is 9.97 Å². The van der Waals surface area contributed by atoms with Crippen LogP contribution < -0.4 is 10.1 Å². The van der Waals surface area contributed by atoms with Crippen molar-refractivity contribution in [1.82, 2.24) is 15.3 Å². The molecular formula is C16H18ClN3O. The Morgan fingerprint density at radius 3 is 2.71 bits per heavy atom. The first-order valence-electron chi connectivity index (χ1n) is 7.28. The summed E-state index contributed by atoms with van der Waals surface area (Å²) in [4.78, 5) is 8.76. The molecule has 0 spiro atoms. The van der Waals surface area contributed by atoms with Gasteiger partial charge in [0.25, 0.3) is 0 Å². The molecule has 1 aromatic heterocycles. The third-order valence-electron chi connectivity index (χ3n) is 3.59. The number of hydrogen-bond donors (Lipinski definition) is 1. The van der Waals surface area contributed by atoms with Crippen molar-refractivity contribution in [1.29, 1.82) is 0 Å². The predicted molar refractivity (Wildman–Crippen MR) is 82.9 cm³/mol. The van der Waals surface area contributed by atoms with Crippen molar-refractivity contribution in [3.8, 4) is 11.5 Å². The van der Waals surface area contributed by atoms with Crippen LogP contribution in [-0.4, -0.2) is 22.6 Å². The summed E-state index contributed by atoms with van der Waals surface area (Å²) >= 11 is 6.06. The van der Waals surface area contributed by atoms with Crippen LogP contribution >= 0.6 is 11.6 Å². The van der Waals surface area contributed by atoms with E-state index < -0.39 is 0 Å². The Kier molecular flexibility index (Phi) is 4.68. The first-order valence-corrected chi connectivity index (χ1v) is 7.66. The third-order valence-corrected chi connectivity index (χ3v) is 3.90. The average Bonchev–Trinajstić information content (AvgIpc) is 2.52. The molecule has 1 aliphatic heterocycles. The van der Waals surface area contributed by atoms with Gasteiger partial charge < -0.3 is 10.1 Å². The highest BCUT2D eigenvalue weighted by Gasteiger charge is 2.14. The van der Waals surface area contributed by atoms with Crippen molar-refractivity contribution in [2.24, 2.45) is 0 Å². The fourth-order valence-electron chi connectivity index (χ4n) is 2.47. The van der Waals surface area contributed by atoms with Crippen LogP contribution in [-0.2, 0) is 6.42 Å². The highest BCUT2D eigenvalue weighted by molar-refractivity contribution is 6.32. The van der Waals surface area contributed by atoms with Crippen molar-refractivity contribution in [2.45, 2.75) is 31.7 Å². The summed E-state index contributed by atoms with van der Waals surface area (Å²) in [5.41, 5.74) is 0. The Balaban J connectivity index is 1.62. The van der Waals surface area contributed by atoms with E-state index in [4.69, 9.17) is 16.3 Å². The smallest absolute Gasteiger partial charge is 0.164 e. The van der Waals surface area contributed by atoms with E-state index in [-0.39, 0.29) is 0 Å². The molecule has 0 saturated carbocycles. The van der Waals surface area contributed by atoms with Crippen molar-refractivity contribution in [3.05, 3.63) is 47.5 Å². The van der Waals surface area contributed by atoms with Crippen molar-refractivity contribution in [2.75, 3.05) is 6.54 Å². The number of hydrogen-bond acceptors (Lipinski definition) is 4. The van der Waals surface area contributed by atoms with E-state index >= 15 is 0 Å². The molecule has 21 heavy (non-hydrogen) atoms. The second-order valence-electron chi connectivity index (χ2n) is 5.22. The molecule has 0 bridgehead atoms. The molecule has 1 unspecified atom stereocenters. The number of aromatic nitrogens is 2. The van der Waals surface area contributed by atoms with Gasteiger partial charge in [0.2, 0.25) is 0 Å². The summed E-state index contributed by atoms with van der Waals surface area (Å²) in [6.07, 6.45) is 8.02. The predicted octanol–water partition coefficient (Wildman–Crippen LogP) is 3.61. The Morgan fingerprint density at radius 1 is 1.19 bits per heavy atom. The van der Waals surface area contributed by atoms with Crippen LogP contribution in [0.4, 0.5) is 0 Å². The van der Waals surface area contributed by atoms with Crippen LogP contribution in [0.5, 0.6) is 11.5 Å². The number of ether oxygens (including phenoxy) is 1. The average molecular weight is 304 g/mol.